The molecule has 1 unspecified atom stereocenters. The van der Waals surface area contributed by atoms with Gasteiger partial charge in [-0.25, -0.2) is 0 Å². The number of hydrogen-bond acceptors (Lipinski definition) is 2. The maximum absolute atomic E-state index is 9.45. The van der Waals surface area contributed by atoms with Gasteiger partial charge in [0.15, 0.2) is 0 Å². The van der Waals surface area contributed by atoms with Crippen LogP contribution in [0.25, 0.3) is 0 Å². The SMILES string of the molecule is CC/C(C)=C(\N)C(C)C[C@@H](O)CC. The third-order valence-corrected chi connectivity index (χ3v) is 2.65. The molecule has 0 aromatic carbocycles. The number of aliphatic hydroxyl groups excluding tert-OH is 1. The number of allylic oxidation sites excluding steroid dienone is 2. The Morgan fingerprint density at radius 2 is 1.92 bits per heavy atom. The first-order chi connectivity index (χ1) is 6.02. The molecule has 0 amide bonds. The van der Waals surface area contributed by atoms with E-state index in [1.807, 2.05) is 6.92 Å². The number of aliphatic hydroxyl groups is 1. The molecule has 0 radical (unpaired) electrons. The van der Waals surface area contributed by atoms with Crippen molar-refractivity contribution >= 4 is 0 Å². The highest BCUT2D eigenvalue weighted by atomic mass is 16.3. The molecule has 0 spiro atoms. The van der Waals surface area contributed by atoms with Crippen LogP contribution >= 0.6 is 0 Å². The molecule has 0 bridgehead atoms. The zero-order chi connectivity index (χ0) is 10.4. The van der Waals surface area contributed by atoms with Crippen molar-refractivity contribution in [1.29, 1.82) is 0 Å². The van der Waals surface area contributed by atoms with Crippen LogP contribution in [-0.2, 0) is 0 Å². The summed E-state index contributed by atoms with van der Waals surface area (Å²) >= 11 is 0. The van der Waals surface area contributed by atoms with Gasteiger partial charge in [0, 0.05) is 5.70 Å². The van der Waals surface area contributed by atoms with E-state index < -0.39 is 0 Å². The molecule has 2 heteroatoms. The first-order valence-corrected chi connectivity index (χ1v) is 5.16. The van der Waals surface area contributed by atoms with Crippen LogP contribution in [0.15, 0.2) is 11.3 Å². The molecule has 0 aliphatic carbocycles. The van der Waals surface area contributed by atoms with Gasteiger partial charge < -0.3 is 10.8 Å². The summed E-state index contributed by atoms with van der Waals surface area (Å²) in [5.74, 6) is 0.301. The summed E-state index contributed by atoms with van der Waals surface area (Å²) in [5.41, 5.74) is 8.14. The zero-order valence-electron chi connectivity index (χ0n) is 9.30. The molecule has 2 atom stereocenters. The zero-order valence-corrected chi connectivity index (χ0v) is 9.30. The average molecular weight is 185 g/mol. The number of rotatable bonds is 5. The highest BCUT2D eigenvalue weighted by molar-refractivity contribution is 5.10. The summed E-state index contributed by atoms with van der Waals surface area (Å²) in [5, 5.41) is 9.45. The van der Waals surface area contributed by atoms with Crippen molar-refractivity contribution in [3.8, 4) is 0 Å². The second-order valence-corrected chi connectivity index (χ2v) is 3.79. The van der Waals surface area contributed by atoms with Crippen molar-refractivity contribution in [2.24, 2.45) is 11.7 Å². The molecule has 78 valence electrons. The van der Waals surface area contributed by atoms with E-state index in [0.717, 1.165) is 25.0 Å². The molecule has 0 aliphatic heterocycles. The van der Waals surface area contributed by atoms with E-state index in [1.165, 1.54) is 5.57 Å². The van der Waals surface area contributed by atoms with Crippen LogP contribution in [0.3, 0.4) is 0 Å². The molecular formula is C11H23NO. The largest absolute Gasteiger partial charge is 0.402 e. The Kier molecular flexibility index (Phi) is 5.80. The molecule has 0 aromatic rings. The maximum atomic E-state index is 9.45. The van der Waals surface area contributed by atoms with Crippen molar-refractivity contribution in [1.82, 2.24) is 0 Å². The van der Waals surface area contributed by atoms with Crippen molar-refractivity contribution in [2.75, 3.05) is 0 Å². The topological polar surface area (TPSA) is 46.2 Å². The maximum Gasteiger partial charge on any atom is 0.0543 e. The van der Waals surface area contributed by atoms with Gasteiger partial charge >= 0.3 is 0 Å². The van der Waals surface area contributed by atoms with E-state index in [2.05, 4.69) is 20.8 Å². The van der Waals surface area contributed by atoms with Crippen LogP contribution in [0.5, 0.6) is 0 Å². The van der Waals surface area contributed by atoms with Gasteiger partial charge in [-0.3, -0.25) is 0 Å². The Morgan fingerprint density at radius 3 is 2.31 bits per heavy atom. The standard InChI is InChI=1S/C11H23NO/c1-5-8(3)11(12)9(4)7-10(13)6-2/h9-10,13H,5-7,12H2,1-4H3/b11-8-/t9?,10-/m0/s1. The fraction of sp³-hybridized carbons (Fsp3) is 0.818. The summed E-state index contributed by atoms with van der Waals surface area (Å²) in [6.45, 7) is 8.23. The first kappa shape index (κ1) is 12.5. The molecule has 2 nitrogen and oxygen atoms in total. The summed E-state index contributed by atoms with van der Waals surface area (Å²) < 4.78 is 0. The van der Waals surface area contributed by atoms with Gasteiger partial charge in [0.05, 0.1) is 6.10 Å². The smallest absolute Gasteiger partial charge is 0.0543 e. The van der Waals surface area contributed by atoms with Crippen LogP contribution in [0.4, 0.5) is 0 Å². The fourth-order valence-electron chi connectivity index (χ4n) is 1.33. The van der Waals surface area contributed by atoms with E-state index in [4.69, 9.17) is 5.73 Å². The molecular weight excluding hydrogens is 162 g/mol. The molecule has 0 heterocycles. The lowest BCUT2D eigenvalue weighted by molar-refractivity contribution is 0.147. The minimum Gasteiger partial charge on any atom is -0.402 e. The van der Waals surface area contributed by atoms with Gasteiger partial charge in [-0.15, -0.1) is 0 Å². The predicted octanol–water partition coefficient (Wildman–Crippen LogP) is 2.43. The predicted molar refractivity (Wildman–Crippen MR) is 57.3 cm³/mol. The summed E-state index contributed by atoms with van der Waals surface area (Å²) in [4.78, 5) is 0. The minimum absolute atomic E-state index is 0.210. The van der Waals surface area contributed by atoms with Gasteiger partial charge in [-0.2, -0.15) is 0 Å². The van der Waals surface area contributed by atoms with Crippen LogP contribution in [-0.4, -0.2) is 11.2 Å². The Balaban J connectivity index is 4.18. The lowest BCUT2D eigenvalue weighted by atomic mass is 9.95. The molecule has 0 aromatic heterocycles. The van der Waals surface area contributed by atoms with Crippen molar-refractivity contribution < 1.29 is 5.11 Å². The van der Waals surface area contributed by atoms with E-state index in [-0.39, 0.29) is 6.10 Å². The van der Waals surface area contributed by atoms with Crippen LogP contribution in [0.1, 0.15) is 47.0 Å². The van der Waals surface area contributed by atoms with Crippen molar-refractivity contribution in [3.63, 3.8) is 0 Å². The molecule has 13 heavy (non-hydrogen) atoms. The molecule has 0 rings (SSSR count). The third kappa shape index (κ3) is 4.32. The normalized spacial score (nSPS) is 17.9. The summed E-state index contributed by atoms with van der Waals surface area (Å²) in [7, 11) is 0. The van der Waals surface area contributed by atoms with E-state index in [9.17, 15) is 5.11 Å². The second-order valence-electron chi connectivity index (χ2n) is 3.79. The monoisotopic (exact) mass is 185 g/mol. The second kappa shape index (κ2) is 6.03. The van der Waals surface area contributed by atoms with Gasteiger partial charge in [0.1, 0.15) is 0 Å². The summed E-state index contributed by atoms with van der Waals surface area (Å²) in [6.07, 6.45) is 2.37. The number of hydrogen-bond donors (Lipinski definition) is 2. The van der Waals surface area contributed by atoms with Gasteiger partial charge in [-0.1, -0.05) is 26.3 Å². The van der Waals surface area contributed by atoms with Crippen LogP contribution in [0.2, 0.25) is 0 Å². The molecule has 0 aliphatic rings. The van der Waals surface area contributed by atoms with E-state index >= 15 is 0 Å². The lowest BCUT2D eigenvalue weighted by Gasteiger charge is -2.17. The highest BCUT2D eigenvalue weighted by Gasteiger charge is 2.12. The third-order valence-electron chi connectivity index (χ3n) is 2.65. The highest BCUT2D eigenvalue weighted by Crippen LogP contribution is 2.18. The lowest BCUT2D eigenvalue weighted by Crippen LogP contribution is -2.17. The van der Waals surface area contributed by atoms with Gasteiger partial charge in [0.2, 0.25) is 0 Å². The molecule has 3 N–H and O–H groups in total. The van der Waals surface area contributed by atoms with Gasteiger partial charge in [-0.05, 0) is 32.1 Å². The van der Waals surface area contributed by atoms with Crippen LogP contribution < -0.4 is 5.73 Å². The Bertz CT molecular complexity index is 175. The number of nitrogens with two attached hydrogens (primary N) is 1. The quantitative estimate of drug-likeness (QED) is 0.691. The molecule has 0 saturated carbocycles. The minimum atomic E-state index is -0.210. The molecule has 0 saturated heterocycles. The van der Waals surface area contributed by atoms with Gasteiger partial charge in [0.25, 0.3) is 0 Å². The first-order valence-electron chi connectivity index (χ1n) is 5.16. The Morgan fingerprint density at radius 1 is 1.38 bits per heavy atom. The fourth-order valence-corrected chi connectivity index (χ4v) is 1.33. The Hall–Kier alpha value is -0.500. The molecule has 0 fully saturated rings. The van der Waals surface area contributed by atoms with Crippen molar-refractivity contribution in [2.45, 2.75) is 53.1 Å². The Labute approximate surface area is 81.8 Å². The van der Waals surface area contributed by atoms with E-state index in [0.29, 0.717) is 5.92 Å². The average Bonchev–Trinajstić information content (AvgIpc) is 2.14. The van der Waals surface area contributed by atoms with Crippen LogP contribution in [0, 0.1) is 5.92 Å². The summed E-state index contributed by atoms with van der Waals surface area (Å²) in [6, 6.07) is 0. The van der Waals surface area contributed by atoms with Crippen molar-refractivity contribution in [3.05, 3.63) is 11.3 Å². The van der Waals surface area contributed by atoms with E-state index in [1.54, 1.807) is 0 Å².